The van der Waals surface area contributed by atoms with E-state index in [0.717, 1.165) is 24.5 Å². The molecule has 0 N–H and O–H groups in total. The van der Waals surface area contributed by atoms with E-state index in [2.05, 4.69) is 11.8 Å². The van der Waals surface area contributed by atoms with E-state index in [-0.39, 0.29) is 5.92 Å². The lowest BCUT2D eigenvalue weighted by atomic mass is 10.00. The zero-order valence-corrected chi connectivity index (χ0v) is 14.9. The van der Waals surface area contributed by atoms with Crippen molar-refractivity contribution in [1.29, 1.82) is 0 Å². The van der Waals surface area contributed by atoms with Gasteiger partial charge in [0.05, 0.1) is 0 Å². The summed E-state index contributed by atoms with van der Waals surface area (Å²) in [6, 6.07) is 0. The number of imide groups is 1. The number of likely N-dealkylation sites (tertiary alicyclic amines) is 1. The van der Waals surface area contributed by atoms with Gasteiger partial charge in [-0.3, -0.25) is 0 Å². The van der Waals surface area contributed by atoms with Gasteiger partial charge in [-0.2, -0.15) is 0 Å². The molecule has 1 rings (SSSR count). The summed E-state index contributed by atoms with van der Waals surface area (Å²) in [6.45, 7) is 15.9. The third kappa shape index (κ3) is 6.22. The Morgan fingerprint density at radius 2 is 1.41 bits per heavy atom. The normalized spacial score (nSPS) is 16.9. The van der Waals surface area contributed by atoms with Gasteiger partial charge >= 0.3 is 12.2 Å². The van der Waals surface area contributed by atoms with Crippen LogP contribution in [-0.4, -0.2) is 59.4 Å². The number of ether oxygens (including phenoxy) is 2. The minimum atomic E-state index is -0.646. The Balaban J connectivity index is 2.72. The summed E-state index contributed by atoms with van der Waals surface area (Å²) in [4.78, 5) is 28.0. The van der Waals surface area contributed by atoms with Crippen molar-refractivity contribution in [3.63, 3.8) is 0 Å². The zero-order valence-electron chi connectivity index (χ0n) is 14.9. The maximum Gasteiger partial charge on any atom is 0.419 e. The molecule has 1 aliphatic heterocycles. The van der Waals surface area contributed by atoms with Gasteiger partial charge in [0, 0.05) is 25.6 Å². The molecule has 6 heteroatoms. The average molecular weight is 314 g/mol. The van der Waals surface area contributed by atoms with Gasteiger partial charge in [-0.15, -0.1) is 0 Å². The molecule has 0 aliphatic carbocycles. The van der Waals surface area contributed by atoms with E-state index >= 15 is 0 Å². The molecule has 128 valence electrons. The molecular weight excluding hydrogens is 284 g/mol. The molecule has 0 aromatic carbocycles. The summed E-state index contributed by atoms with van der Waals surface area (Å²) in [6.07, 6.45) is -1.28. The van der Waals surface area contributed by atoms with Crippen LogP contribution in [0.3, 0.4) is 0 Å². The van der Waals surface area contributed by atoms with E-state index in [9.17, 15) is 9.59 Å². The third-order valence-corrected chi connectivity index (χ3v) is 3.15. The molecule has 1 fully saturated rings. The minimum absolute atomic E-state index is 0.278. The minimum Gasteiger partial charge on any atom is -0.443 e. The largest absolute Gasteiger partial charge is 0.443 e. The first-order chi connectivity index (χ1) is 9.91. The van der Waals surface area contributed by atoms with Crippen LogP contribution in [0.5, 0.6) is 0 Å². The van der Waals surface area contributed by atoms with Gasteiger partial charge < -0.3 is 14.4 Å². The Hall–Kier alpha value is -1.30. The van der Waals surface area contributed by atoms with Crippen molar-refractivity contribution in [2.24, 2.45) is 5.92 Å². The average Bonchev–Trinajstić information content (AvgIpc) is 2.21. The van der Waals surface area contributed by atoms with Gasteiger partial charge in [0.2, 0.25) is 0 Å². The van der Waals surface area contributed by atoms with Crippen molar-refractivity contribution >= 4 is 12.2 Å². The number of carbonyl (C=O) groups excluding carboxylic acids is 2. The topological polar surface area (TPSA) is 59.1 Å². The van der Waals surface area contributed by atoms with Crippen molar-refractivity contribution < 1.29 is 19.1 Å². The van der Waals surface area contributed by atoms with Gasteiger partial charge in [-0.1, -0.05) is 6.92 Å². The maximum absolute atomic E-state index is 12.3. The number of hydrogen-bond donors (Lipinski definition) is 0. The van der Waals surface area contributed by atoms with Crippen LogP contribution in [0.4, 0.5) is 9.59 Å². The van der Waals surface area contributed by atoms with E-state index in [1.807, 2.05) is 0 Å². The molecule has 0 atom stereocenters. The van der Waals surface area contributed by atoms with E-state index < -0.39 is 23.4 Å². The second-order valence-corrected chi connectivity index (χ2v) is 7.79. The first kappa shape index (κ1) is 18.7. The van der Waals surface area contributed by atoms with Crippen molar-refractivity contribution in [3.8, 4) is 0 Å². The van der Waals surface area contributed by atoms with Crippen molar-refractivity contribution in [2.45, 2.75) is 59.7 Å². The number of hydrogen-bond acceptors (Lipinski definition) is 5. The van der Waals surface area contributed by atoms with Crippen LogP contribution in [0, 0.1) is 5.92 Å². The SMILES string of the molecule is CCN1CC(CN(C(=O)OC(C)(C)C)C(=O)OC(C)(C)C)C1. The standard InChI is InChI=1S/C16H30N2O4/c1-8-17-9-12(10-17)11-18(13(19)21-15(2,3)4)14(20)22-16(5,6)7/h12H,8-11H2,1-7H3. The quantitative estimate of drug-likeness (QED) is 0.801. The molecule has 1 heterocycles. The fourth-order valence-electron chi connectivity index (χ4n) is 2.17. The van der Waals surface area contributed by atoms with Crippen LogP contribution in [0.15, 0.2) is 0 Å². The lowest BCUT2D eigenvalue weighted by Crippen LogP contribution is -2.54. The smallest absolute Gasteiger partial charge is 0.419 e. The summed E-state index contributed by atoms with van der Waals surface area (Å²) < 4.78 is 10.7. The van der Waals surface area contributed by atoms with Gasteiger partial charge in [0.25, 0.3) is 0 Å². The summed E-state index contributed by atoms with van der Waals surface area (Å²) in [5.74, 6) is 0.278. The molecule has 0 spiro atoms. The maximum atomic E-state index is 12.3. The Morgan fingerprint density at radius 3 is 1.73 bits per heavy atom. The Kier molecular flexibility index (Phi) is 5.84. The zero-order chi connectivity index (χ0) is 17.1. The van der Waals surface area contributed by atoms with E-state index in [1.54, 1.807) is 41.5 Å². The lowest BCUT2D eigenvalue weighted by molar-refractivity contribution is -0.00974. The molecule has 6 nitrogen and oxygen atoms in total. The molecule has 0 unspecified atom stereocenters. The lowest BCUT2D eigenvalue weighted by Gasteiger charge is -2.40. The van der Waals surface area contributed by atoms with Crippen LogP contribution < -0.4 is 0 Å². The Morgan fingerprint density at radius 1 is 1.00 bits per heavy atom. The van der Waals surface area contributed by atoms with Gasteiger partial charge in [-0.05, 0) is 48.1 Å². The molecule has 1 aliphatic rings. The number of carbonyl (C=O) groups is 2. The highest BCUT2D eigenvalue weighted by Gasteiger charge is 2.36. The summed E-state index contributed by atoms with van der Waals surface area (Å²) >= 11 is 0. The van der Waals surface area contributed by atoms with Gasteiger partial charge in [-0.25, -0.2) is 14.5 Å². The predicted molar refractivity (Wildman–Crippen MR) is 84.8 cm³/mol. The predicted octanol–water partition coefficient (Wildman–Crippen LogP) is 3.11. The molecule has 0 radical (unpaired) electrons. The second kappa shape index (κ2) is 6.86. The highest BCUT2D eigenvalue weighted by atomic mass is 16.6. The first-order valence-electron chi connectivity index (χ1n) is 7.87. The third-order valence-electron chi connectivity index (χ3n) is 3.15. The van der Waals surface area contributed by atoms with E-state index in [0.29, 0.717) is 6.54 Å². The van der Waals surface area contributed by atoms with Crippen molar-refractivity contribution in [3.05, 3.63) is 0 Å². The van der Waals surface area contributed by atoms with Crippen LogP contribution in [0.2, 0.25) is 0 Å². The molecule has 0 bridgehead atoms. The number of nitrogens with zero attached hydrogens (tertiary/aromatic N) is 2. The van der Waals surface area contributed by atoms with Crippen LogP contribution >= 0.6 is 0 Å². The molecule has 0 aromatic rings. The highest BCUT2D eigenvalue weighted by Crippen LogP contribution is 2.20. The molecule has 2 amide bonds. The van der Waals surface area contributed by atoms with Crippen LogP contribution in [0.25, 0.3) is 0 Å². The first-order valence-corrected chi connectivity index (χ1v) is 7.87. The number of rotatable bonds is 3. The van der Waals surface area contributed by atoms with E-state index in [1.165, 1.54) is 0 Å². The number of amides is 2. The summed E-state index contributed by atoms with van der Waals surface area (Å²) in [5, 5.41) is 0. The highest BCUT2D eigenvalue weighted by molar-refractivity contribution is 5.88. The Labute approximate surface area is 133 Å². The molecule has 1 saturated heterocycles. The fourth-order valence-corrected chi connectivity index (χ4v) is 2.17. The van der Waals surface area contributed by atoms with Gasteiger partial charge in [0.15, 0.2) is 0 Å². The molecule has 22 heavy (non-hydrogen) atoms. The Bertz CT molecular complexity index is 375. The summed E-state index contributed by atoms with van der Waals surface area (Å²) in [5.41, 5.74) is -1.29. The monoisotopic (exact) mass is 314 g/mol. The van der Waals surface area contributed by atoms with Gasteiger partial charge in [0.1, 0.15) is 11.2 Å². The van der Waals surface area contributed by atoms with E-state index in [4.69, 9.17) is 9.47 Å². The molecular formula is C16H30N2O4. The van der Waals surface area contributed by atoms with Crippen molar-refractivity contribution in [2.75, 3.05) is 26.2 Å². The van der Waals surface area contributed by atoms with Crippen LogP contribution in [-0.2, 0) is 9.47 Å². The summed E-state index contributed by atoms with van der Waals surface area (Å²) in [7, 11) is 0. The molecule has 0 saturated carbocycles. The molecule has 0 aromatic heterocycles. The van der Waals surface area contributed by atoms with Crippen LogP contribution in [0.1, 0.15) is 48.5 Å². The fraction of sp³-hybridized carbons (Fsp3) is 0.875. The van der Waals surface area contributed by atoms with Crippen molar-refractivity contribution in [1.82, 2.24) is 9.80 Å². The second-order valence-electron chi connectivity index (χ2n) is 7.79.